The Balaban J connectivity index is 2.03. The largest absolute Gasteiger partial charge is 0.366 e. The molecule has 24 heavy (non-hydrogen) atoms. The first-order valence-corrected chi connectivity index (χ1v) is 8.61. The van der Waals surface area contributed by atoms with Crippen molar-refractivity contribution < 1.29 is 8.42 Å². The van der Waals surface area contributed by atoms with Crippen LogP contribution in [-0.4, -0.2) is 38.8 Å². The van der Waals surface area contributed by atoms with E-state index in [0.29, 0.717) is 16.9 Å². The zero-order chi connectivity index (χ0) is 17.5. The minimum atomic E-state index is -3.68. The Kier molecular flexibility index (Phi) is 3.73. The summed E-state index contributed by atoms with van der Waals surface area (Å²) in [7, 11) is -3.68. The molecule has 3 aromatic rings. The van der Waals surface area contributed by atoms with Gasteiger partial charge in [0.1, 0.15) is 4.90 Å². The lowest BCUT2D eigenvalue weighted by molar-refractivity contribution is 0.491. The number of nitrogens with two attached hydrogens (primary N) is 1. The van der Waals surface area contributed by atoms with Gasteiger partial charge in [-0.25, -0.2) is 13.1 Å². The van der Waals surface area contributed by atoms with Crippen LogP contribution in [0.1, 0.15) is 20.8 Å². The second kappa shape index (κ2) is 5.49. The van der Waals surface area contributed by atoms with Gasteiger partial charge < -0.3 is 5.73 Å². The van der Waals surface area contributed by atoms with E-state index < -0.39 is 15.6 Å². The normalized spacial score (nSPS) is 12.6. The standard InChI is InChI=1S/C14H17N7O2S/c1-14(2,3)20-24(22,23)10-6-9(7-16-8-10)11-4-5-12-17-13(15)19-21(12)18-11/h4-8,20H,1-3H3,(H2,15,19). The van der Waals surface area contributed by atoms with Gasteiger partial charge in [-0.3, -0.25) is 4.98 Å². The summed E-state index contributed by atoms with van der Waals surface area (Å²) in [5.74, 6) is 0.114. The SMILES string of the molecule is CC(C)(C)NS(=O)(=O)c1cncc(-c2ccc3nc(N)nn3n2)c1. The molecule has 0 aliphatic rings. The third-order valence-electron chi connectivity index (χ3n) is 2.98. The minimum absolute atomic E-state index is 0.0647. The molecule has 0 aliphatic carbocycles. The van der Waals surface area contributed by atoms with Gasteiger partial charge in [-0.1, -0.05) is 0 Å². The molecule has 3 rings (SSSR count). The molecular weight excluding hydrogens is 330 g/mol. The minimum Gasteiger partial charge on any atom is -0.366 e. The van der Waals surface area contributed by atoms with Gasteiger partial charge in [-0.15, -0.1) is 14.8 Å². The topological polar surface area (TPSA) is 128 Å². The highest BCUT2D eigenvalue weighted by Gasteiger charge is 2.22. The zero-order valence-corrected chi connectivity index (χ0v) is 14.2. The summed E-state index contributed by atoms with van der Waals surface area (Å²) in [4.78, 5) is 8.07. The van der Waals surface area contributed by atoms with Crippen molar-refractivity contribution in [3.8, 4) is 11.3 Å². The molecule has 0 spiro atoms. The monoisotopic (exact) mass is 347 g/mol. The number of nitrogens with zero attached hydrogens (tertiary/aromatic N) is 5. The Bertz CT molecular complexity index is 1010. The molecule has 0 amide bonds. The van der Waals surface area contributed by atoms with E-state index in [9.17, 15) is 8.42 Å². The van der Waals surface area contributed by atoms with Gasteiger partial charge in [0.15, 0.2) is 5.65 Å². The average Bonchev–Trinajstić information content (AvgIpc) is 2.84. The third-order valence-corrected chi connectivity index (χ3v) is 4.71. The fourth-order valence-corrected chi connectivity index (χ4v) is 3.53. The summed E-state index contributed by atoms with van der Waals surface area (Å²) >= 11 is 0. The van der Waals surface area contributed by atoms with Crippen LogP contribution in [0.15, 0.2) is 35.5 Å². The van der Waals surface area contributed by atoms with Crippen molar-refractivity contribution in [2.75, 3.05) is 5.73 Å². The second-order valence-corrected chi connectivity index (χ2v) is 7.98. The number of nitrogens with one attached hydrogen (secondary N) is 1. The van der Waals surface area contributed by atoms with Gasteiger partial charge in [-0.2, -0.15) is 4.98 Å². The van der Waals surface area contributed by atoms with Gasteiger partial charge >= 0.3 is 0 Å². The van der Waals surface area contributed by atoms with Crippen LogP contribution in [0.3, 0.4) is 0 Å². The molecule has 0 aromatic carbocycles. The van der Waals surface area contributed by atoms with E-state index in [-0.39, 0.29) is 10.8 Å². The number of fused-ring (bicyclic) bond motifs is 1. The Morgan fingerprint density at radius 1 is 1.17 bits per heavy atom. The molecule has 0 atom stereocenters. The number of pyridine rings is 1. The van der Waals surface area contributed by atoms with Crippen LogP contribution in [0.5, 0.6) is 0 Å². The van der Waals surface area contributed by atoms with Crippen molar-refractivity contribution in [2.45, 2.75) is 31.2 Å². The predicted octanol–water partition coefficient (Wildman–Crippen LogP) is 0.845. The number of rotatable bonds is 3. The Morgan fingerprint density at radius 3 is 2.62 bits per heavy atom. The molecule has 0 aliphatic heterocycles. The van der Waals surface area contributed by atoms with E-state index in [1.54, 1.807) is 32.9 Å². The molecule has 3 N–H and O–H groups in total. The van der Waals surface area contributed by atoms with Gasteiger partial charge in [0.2, 0.25) is 16.0 Å². The van der Waals surface area contributed by atoms with Crippen LogP contribution in [0, 0.1) is 0 Å². The molecular formula is C14H17N7O2S. The molecule has 126 valence electrons. The number of aromatic nitrogens is 5. The number of hydrogen-bond acceptors (Lipinski definition) is 7. The molecule has 9 nitrogen and oxygen atoms in total. The molecule has 0 fully saturated rings. The predicted molar refractivity (Wildman–Crippen MR) is 88.5 cm³/mol. The number of hydrogen-bond donors (Lipinski definition) is 2. The first-order valence-electron chi connectivity index (χ1n) is 7.13. The highest BCUT2D eigenvalue weighted by molar-refractivity contribution is 7.89. The van der Waals surface area contributed by atoms with Crippen molar-refractivity contribution in [3.05, 3.63) is 30.6 Å². The smallest absolute Gasteiger partial charge is 0.242 e. The molecule has 0 radical (unpaired) electrons. The van der Waals surface area contributed by atoms with Crippen molar-refractivity contribution in [3.63, 3.8) is 0 Å². The van der Waals surface area contributed by atoms with Crippen LogP contribution in [0.25, 0.3) is 16.9 Å². The lowest BCUT2D eigenvalue weighted by atomic mass is 10.1. The Morgan fingerprint density at radius 2 is 1.92 bits per heavy atom. The molecule has 0 unspecified atom stereocenters. The van der Waals surface area contributed by atoms with Crippen LogP contribution in [0.2, 0.25) is 0 Å². The first-order chi connectivity index (χ1) is 11.1. The lowest BCUT2D eigenvalue weighted by Gasteiger charge is -2.20. The molecule has 0 saturated carbocycles. The third kappa shape index (κ3) is 3.34. The summed E-state index contributed by atoms with van der Waals surface area (Å²) in [5.41, 5.74) is 6.50. The highest BCUT2D eigenvalue weighted by Crippen LogP contribution is 2.20. The van der Waals surface area contributed by atoms with E-state index in [0.717, 1.165) is 0 Å². The molecule has 0 bridgehead atoms. The highest BCUT2D eigenvalue weighted by atomic mass is 32.2. The van der Waals surface area contributed by atoms with Crippen molar-refractivity contribution in [2.24, 2.45) is 0 Å². The molecule has 10 heteroatoms. The maximum absolute atomic E-state index is 12.4. The number of sulfonamides is 1. The van der Waals surface area contributed by atoms with E-state index >= 15 is 0 Å². The Labute approximate surface area is 139 Å². The summed E-state index contributed by atoms with van der Waals surface area (Å²) in [6.07, 6.45) is 2.83. The molecule has 3 aromatic heterocycles. The number of anilines is 1. The van der Waals surface area contributed by atoms with Crippen LogP contribution in [-0.2, 0) is 10.0 Å². The molecule has 3 heterocycles. The van der Waals surface area contributed by atoms with Crippen molar-refractivity contribution >= 4 is 21.6 Å². The maximum atomic E-state index is 12.4. The van der Waals surface area contributed by atoms with E-state index in [1.807, 2.05) is 0 Å². The Hall–Kier alpha value is -2.59. The molecule has 0 saturated heterocycles. The van der Waals surface area contributed by atoms with E-state index in [1.165, 1.54) is 23.1 Å². The first kappa shape index (κ1) is 16.3. The summed E-state index contributed by atoms with van der Waals surface area (Å²) in [5, 5.41) is 8.21. The van der Waals surface area contributed by atoms with Crippen LogP contribution >= 0.6 is 0 Å². The quantitative estimate of drug-likeness (QED) is 0.718. The average molecular weight is 347 g/mol. The van der Waals surface area contributed by atoms with Crippen molar-refractivity contribution in [1.82, 2.24) is 29.5 Å². The summed E-state index contributed by atoms with van der Waals surface area (Å²) in [6.45, 7) is 5.31. The number of nitrogen functional groups attached to an aromatic ring is 1. The van der Waals surface area contributed by atoms with Gasteiger partial charge in [0.05, 0.1) is 5.69 Å². The van der Waals surface area contributed by atoms with Crippen molar-refractivity contribution in [1.29, 1.82) is 0 Å². The van der Waals surface area contributed by atoms with E-state index in [4.69, 9.17) is 5.73 Å². The van der Waals surface area contributed by atoms with Gasteiger partial charge in [0, 0.05) is 23.5 Å². The summed E-state index contributed by atoms with van der Waals surface area (Å²) in [6, 6.07) is 4.91. The zero-order valence-electron chi connectivity index (χ0n) is 13.4. The lowest BCUT2D eigenvalue weighted by Crippen LogP contribution is -2.40. The van der Waals surface area contributed by atoms with Gasteiger partial charge in [-0.05, 0) is 39.0 Å². The fraction of sp³-hybridized carbons (Fsp3) is 0.286. The van der Waals surface area contributed by atoms with Crippen LogP contribution in [0.4, 0.5) is 5.95 Å². The van der Waals surface area contributed by atoms with E-state index in [2.05, 4.69) is 24.9 Å². The van der Waals surface area contributed by atoms with Crippen LogP contribution < -0.4 is 10.5 Å². The second-order valence-electron chi connectivity index (χ2n) is 6.30. The summed E-state index contributed by atoms with van der Waals surface area (Å²) < 4.78 is 28.7. The maximum Gasteiger partial charge on any atom is 0.242 e. The fourth-order valence-electron chi connectivity index (χ4n) is 2.12. The van der Waals surface area contributed by atoms with Gasteiger partial charge in [0.25, 0.3) is 0 Å².